The standard InChI is InChI=1S/C8H10ClN3/c1-12(2)8(10)7-4-3-6(9)5-11-7/h3-5,10H,1-2H3. The summed E-state index contributed by atoms with van der Waals surface area (Å²) in [5, 5.41) is 8.16. The smallest absolute Gasteiger partial charge is 0.146 e. The summed E-state index contributed by atoms with van der Waals surface area (Å²) in [4.78, 5) is 5.69. The van der Waals surface area contributed by atoms with Crippen molar-refractivity contribution in [2.75, 3.05) is 14.1 Å². The van der Waals surface area contributed by atoms with E-state index in [0.717, 1.165) is 0 Å². The average molecular weight is 184 g/mol. The van der Waals surface area contributed by atoms with Gasteiger partial charge in [0.1, 0.15) is 11.5 Å². The Labute approximate surface area is 76.5 Å². The third-order valence-electron chi connectivity index (χ3n) is 1.42. The molecule has 0 bridgehead atoms. The molecule has 1 N–H and O–H groups in total. The van der Waals surface area contributed by atoms with E-state index in [0.29, 0.717) is 16.6 Å². The first-order valence-electron chi connectivity index (χ1n) is 3.49. The minimum atomic E-state index is 0.381. The highest BCUT2D eigenvalue weighted by Crippen LogP contribution is 2.06. The van der Waals surface area contributed by atoms with Crippen molar-refractivity contribution in [1.29, 1.82) is 5.41 Å². The molecule has 12 heavy (non-hydrogen) atoms. The maximum absolute atomic E-state index is 7.58. The first kappa shape index (κ1) is 9.00. The van der Waals surface area contributed by atoms with Crippen molar-refractivity contribution >= 4 is 17.4 Å². The number of hydrogen-bond acceptors (Lipinski definition) is 2. The highest BCUT2D eigenvalue weighted by atomic mass is 35.5. The van der Waals surface area contributed by atoms with E-state index < -0.39 is 0 Å². The minimum absolute atomic E-state index is 0.381. The molecule has 3 nitrogen and oxygen atoms in total. The van der Waals surface area contributed by atoms with E-state index in [-0.39, 0.29) is 0 Å². The zero-order valence-corrected chi connectivity index (χ0v) is 7.76. The monoisotopic (exact) mass is 183 g/mol. The van der Waals surface area contributed by atoms with Crippen molar-refractivity contribution in [2.24, 2.45) is 0 Å². The Morgan fingerprint density at radius 1 is 1.50 bits per heavy atom. The number of rotatable bonds is 1. The molecule has 0 spiro atoms. The molecule has 0 amide bonds. The van der Waals surface area contributed by atoms with Gasteiger partial charge >= 0.3 is 0 Å². The van der Waals surface area contributed by atoms with Gasteiger partial charge < -0.3 is 4.90 Å². The van der Waals surface area contributed by atoms with Crippen LogP contribution < -0.4 is 0 Å². The van der Waals surface area contributed by atoms with E-state index in [2.05, 4.69) is 4.98 Å². The fraction of sp³-hybridized carbons (Fsp3) is 0.250. The summed E-state index contributed by atoms with van der Waals surface area (Å²) in [5.74, 6) is 0.381. The molecule has 4 heteroatoms. The van der Waals surface area contributed by atoms with Gasteiger partial charge in [-0.05, 0) is 12.1 Å². The number of pyridine rings is 1. The lowest BCUT2D eigenvalue weighted by molar-refractivity contribution is 0.616. The quantitative estimate of drug-likeness (QED) is 0.531. The SMILES string of the molecule is CN(C)C(=N)c1ccc(Cl)cn1. The Hall–Kier alpha value is -1.09. The van der Waals surface area contributed by atoms with Crippen LogP contribution >= 0.6 is 11.6 Å². The fourth-order valence-electron chi connectivity index (χ4n) is 0.745. The van der Waals surface area contributed by atoms with Crippen LogP contribution in [0.2, 0.25) is 5.02 Å². The summed E-state index contributed by atoms with van der Waals surface area (Å²) >= 11 is 5.65. The van der Waals surface area contributed by atoms with Gasteiger partial charge in [0.05, 0.1) is 5.02 Å². The van der Waals surface area contributed by atoms with Crippen molar-refractivity contribution in [2.45, 2.75) is 0 Å². The van der Waals surface area contributed by atoms with Gasteiger partial charge in [0.15, 0.2) is 0 Å². The molecule has 0 atom stereocenters. The Kier molecular flexibility index (Phi) is 2.65. The molecule has 0 aliphatic heterocycles. The largest absolute Gasteiger partial charge is 0.361 e. The Balaban J connectivity index is 2.90. The fourth-order valence-corrected chi connectivity index (χ4v) is 0.857. The number of amidine groups is 1. The van der Waals surface area contributed by atoms with Crippen molar-refractivity contribution in [3.8, 4) is 0 Å². The number of hydrogen-bond donors (Lipinski definition) is 1. The van der Waals surface area contributed by atoms with Crippen LogP contribution in [-0.4, -0.2) is 29.8 Å². The molecule has 0 unspecified atom stereocenters. The summed E-state index contributed by atoms with van der Waals surface area (Å²) in [6.45, 7) is 0. The van der Waals surface area contributed by atoms with E-state index in [9.17, 15) is 0 Å². The second-order valence-electron chi connectivity index (χ2n) is 2.60. The Morgan fingerprint density at radius 3 is 2.58 bits per heavy atom. The van der Waals surface area contributed by atoms with Crippen LogP contribution in [0.25, 0.3) is 0 Å². The number of halogens is 1. The molecule has 0 fully saturated rings. The molecule has 1 aromatic heterocycles. The Bertz CT molecular complexity index is 279. The highest BCUT2D eigenvalue weighted by molar-refractivity contribution is 6.30. The number of aromatic nitrogens is 1. The van der Waals surface area contributed by atoms with E-state index in [1.165, 1.54) is 6.20 Å². The summed E-state index contributed by atoms with van der Waals surface area (Å²) in [6.07, 6.45) is 1.54. The number of nitrogens with zero attached hydrogens (tertiary/aromatic N) is 2. The zero-order chi connectivity index (χ0) is 9.14. The van der Waals surface area contributed by atoms with E-state index in [1.807, 2.05) is 0 Å². The van der Waals surface area contributed by atoms with Gasteiger partial charge in [-0.2, -0.15) is 0 Å². The normalized spacial score (nSPS) is 9.58. The highest BCUT2D eigenvalue weighted by Gasteiger charge is 2.03. The molecular weight excluding hydrogens is 174 g/mol. The lowest BCUT2D eigenvalue weighted by Crippen LogP contribution is -2.22. The molecule has 1 heterocycles. The summed E-state index contributed by atoms with van der Waals surface area (Å²) in [5.41, 5.74) is 0.629. The van der Waals surface area contributed by atoms with Crippen molar-refractivity contribution in [3.63, 3.8) is 0 Å². The van der Waals surface area contributed by atoms with Crippen LogP contribution in [0.3, 0.4) is 0 Å². The van der Waals surface area contributed by atoms with Gasteiger partial charge in [-0.3, -0.25) is 10.4 Å². The minimum Gasteiger partial charge on any atom is -0.361 e. The maximum atomic E-state index is 7.58. The molecule has 0 saturated carbocycles. The first-order chi connectivity index (χ1) is 5.61. The maximum Gasteiger partial charge on any atom is 0.146 e. The van der Waals surface area contributed by atoms with Crippen molar-refractivity contribution < 1.29 is 0 Å². The topological polar surface area (TPSA) is 40.0 Å². The van der Waals surface area contributed by atoms with E-state index in [1.54, 1.807) is 31.1 Å². The zero-order valence-electron chi connectivity index (χ0n) is 7.00. The summed E-state index contributed by atoms with van der Waals surface area (Å²) in [7, 11) is 3.61. The molecule has 0 aromatic carbocycles. The van der Waals surface area contributed by atoms with E-state index in [4.69, 9.17) is 17.0 Å². The van der Waals surface area contributed by atoms with Crippen LogP contribution in [0.1, 0.15) is 5.69 Å². The van der Waals surface area contributed by atoms with Crippen LogP contribution in [-0.2, 0) is 0 Å². The molecule has 1 aromatic rings. The predicted octanol–water partition coefficient (Wildman–Crippen LogP) is 1.62. The van der Waals surface area contributed by atoms with Crippen LogP contribution in [0.5, 0.6) is 0 Å². The molecule has 1 rings (SSSR count). The predicted molar refractivity (Wildman–Crippen MR) is 49.8 cm³/mol. The third kappa shape index (κ3) is 1.95. The molecule has 0 aliphatic carbocycles. The lowest BCUT2D eigenvalue weighted by Gasteiger charge is -2.12. The van der Waals surface area contributed by atoms with Crippen molar-refractivity contribution in [1.82, 2.24) is 9.88 Å². The average Bonchev–Trinajstić information content (AvgIpc) is 2.04. The van der Waals surface area contributed by atoms with Crippen molar-refractivity contribution in [3.05, 3.63) is 29.0 Å². The molecule has 0 aliphatic rings. The van der Waals surface area contributed by atoms with Gasteiger partial charge in [0.2, 0.25) is 0 Å². The molecule has 64 valence electrons. The van der Waals surface area contributed by atoms with Gasteiger partial charge in [-0.15, -0.1) is 0 Å². The van der Waals surface area contributed by atoms with Crippen LogP contribution in [0.4, 0.5) is 0 Å². The summed E-state index contributed by atoms with van der Waals surface area (Å²) < 4.78 is 0. The second kappa shape index (κ2) is 3.54. The second-order valence-corrected chi connectivity index (χ2v) is 3.04. The van der Waals surface area contributed by atoms with Gasteiger partial charge in [-0.25, -0.2) is 0 Å². The first-order valence-corrected chi connectivity index (χ1v) is 3.87. The van der Waals surface area contributed by atoms with Gasteiger partial charge in [0, 0.05) is 20.3 Å². The third-order valence-corrected chi connectivity index (χ3v) is 1.64. The van der Waals surface area contributed by atoms with Crippen LogP contribution in [0, 0.1) is 5.41 Å². The Morgan fingerprint density at radius 2 is 2.17 bits per heavy atom. The molecule has 0 saturated heterocycles. The molecule has 0 radical (unpaired) electrons. The van der Waals surface area contributed by atoms with E-state index >= 15 is 0 Å². The summed E-state index contributed by atoms with van der Waals surface area (Å²) in [6, 6.07) is 3.45. The van der Waals surface area contributed by atoms with Gasteiger partial charge in [-0.1, -0.05) is 11.6 Å². The lowest BCUT2D eigenvalue weighted by atomic mass is 10.3. The number of nitrogens with one attached hydrogen (secondary N) is 1. The molecular formula is C8H10ClN3. The van der Waals surface area contributed by atoms with Crippen LogP contribution in [0.15, 0.2) is 18.3 Å². The van der Waals surface area contributed by atoms with Gasteiger partial charge in [0.25, 0.3) is 0 Å².